The first-order chi connectivity index (χ1) is 30.7. The minimum absolute atomic E-state index is 0.0126. The van der Waals surface area contributed by atoms with Crippen LogP contribution in [-0.2, 0) is 0 Å². The SMILES string of the molecule is CC(C)c1cc(C(C)C)c(B2c3ccc(N(c4ccccc4)c4ccccc4)cc3Sc3cc4c(cc32)B2c3ccccc3Oc3cccc(c32)N4c2ccccc2)c(C(C)C)c1. The Morgan fingerprint density at radius 1 is 0.444 bits per heavy atom. The Morgan fingerprint density at radius 2 is 1.03 bits per heavy atom. The lowest BCUT2D eigenvalue weighted by atomic mass is 9.31. The zero-order chi connectivity index (χ0) is 42.9. The first kappa shape index (κ1) is 39.5. The maximum Gasteiger partial charge on any atom is 0.256 e. The van der Waals surface area contributed by atoms with Crippen LogP contribution in [0.5, 0.6) is 11.5 Å². The van der Waals surface area contributed by atoms with Crippen molar-refractivity contribution in [2.45, 2.75) is 69.1 Å². The van der Waals surface area contributed by atoms with E-state index in [1.54, 1.807) is 0 Å². The van der Waals surface area contributed by atoms with Crippen LogP contribution in [0, 0.1) is 0 Å². The molecular weight excluding hydrogens is 782 g/mol. The molecule has 0 saturated heterocycles. The topological polar surface area (TPSA) is 15.7 Å². The van der Waals surface area contributed by atoms with E-state index >= 15 is 0 Å². The van der Waals surface area contributed by atoms with E-state index < -0.39 is 0 Å². The van der Waals surface area contributed by atoms with Gasteiger partial charge in [0.25, 0.3) is 6.71 Å². The highest BCUT2D eigenvalue weighted by atomic mass is 32.2. The van der Waals surface area contributed by atoms with E-state index in [1.807, 2.05) is 11.8 Å². The predicted octanol–water partition coefficient (Wildman–Crippen LogP) is 11.9. The molecule has 0 amide bonds. The lowest BCUT2D eigenvalue weighted by Crippen LogP contribution is -2.63. The number of benzene rings is 8. The lowest BCUT2D eigenvalue weighted by Gasteiger charge is -2.41. The van der Waals surface area contributed by atoms with Gasteiger partial charge in [-0.3, -0.25) is 0 Å². The van der Waals surface area contributed by atoms with Crippen LogP contribution in [0.3, 0.4) is 0 Å². The van der Waals surface area contributed by atoms with Crippen LogP contribution in [0.25, 0.3) is 0 Å². The fourth-order valence-corrected chi connectivity index (χ4v) is 11.6. The maximum absolute atomic E-state index is 6.75. The Balaban J connectivity index is 1.21. The molecule has 0 atom stereocenters. The van der Waals surface area contributed by atoms with Crippen molar-refractivity contribution < 1.29 is 4.74 Å². The summed E-state index contributed by atoms with van der Waals surface area (Å²) in [7, 11) is 0. The first-order valence-electron chi connectivity index (χ1n) is 22.6. The van der Waals surface area contributed by atoms with Gasteiger partial charge in [0.05, 0.1) is 0 Å². The van der Waals surface area contributed by atoms with Gasteiger partial charge < -0.3 is 14.5 Å². The summed E-state index contributed by atoms with van der Waals surface area (Å²) in [6.45, 7) is 14.2. The van der Waals surface area contributed by atoms with Gasteiger partial charge in [-0.05, 0) is 124 Å². The van der Waals surface area contributed by atoms with E-state index in [1.165, 1.54) is 70.6 Å². The van der Waals surface area contributed by atoms with Crippen LogP contribution in [0.4, 0.5) is 34.1 Å². The molecule has 6 heteroatoms. The van der Waals surface area contributed by atoms with Gasteiger partial charge in [-0.25, -0.2) is 0 Å². The molecule has 63 heavy (non-hydrogen) atoms. The van der Waals surface area contributed by atoms with Crippen molar-refractivity contribution in [1.82, 2.24) is 0 Å². The Labute approximate surface area is 377 Å². The molecule has 0 fully saturated rings. The summed E-state index contributed by atoms with van der Waals surface area (Å²) in [5.74, 6) is 2.97. The first-order valence-corrected chi connectivity index (χ1v) is 23.4. The fourth-order valence-electron chi connectivity index (χ4n) is 10.4. The summed E-state index contributed by atoms with van der Waals surface area (Å²) >= 11 is 1.92. The standard InChI is InChI=1S/C57H50B2N2OS/c1-36(2)39-31-44(37(3)4)56(45(32-39)38(5)6)59-47-30-29-43(60(40-19-10-7-11-20-40)41-21-12-8-13-22-41)33-54(47)63-55-35-51-48(34-49(55)59)58-46-25-16-17-27-52(46)62-53-28-18-26-50(57(53)58)61(51)42-23-14-9-15-24-42/h7-38H,1-6H3. The van der Waals surface area contributed by atoms with Gasteiger partial charge in [-0.15, -0.1) is 0 Å². The highest BCUT2D eigenvalue weighted by Crippen LogP contribution is 2.44. The molecule has 0 N–H and O–H groups in total. The second-order valence-corrected chi connectivity index (χ2v) is 19.3. The van der Waals surface area contributed by atoms with E-state index in [0.29, 0.717) is 17.8 Å². The number of nitrogens with zero attached hydrogens (tertiary/aromatic N) is 2. The van der Waals surface area contributed by atoms with E-state index in [2.05, 4.69) is 227 Å². The van der Waals surface area contributed by atoms with Crippen molar-refractivity contribution in [1.29, 1.82) is 0 Å². The summed E-state index contributed by atoms with van der Waals surface area (Å²) in [5, 5.41) is 0. The molecular formula is C57H50B2N2OS. The van der Waals surface area contributed by atoms with Gasteiger partial charge >= 0.3 is 0 Å². The third kappa shape index (κ3) is 6.61. The third-order valence-corrected chi connectivity index (χ3v) is 14.5. The average Bonchev–Trinajstić information content (AvgIpc) is 3.30. The van der Waals surface area contributed by atoms with Crippen molar-refractivity contribution in [3.8, 4) is 11.5 Å². The van der Waals surface area contributed by atoms with Crippen LogP contribution >= 0.6 is 11.8 Å². The fraction of sp³-hybridized carbons (Fsp3) is 0.158. The normalized spacial score (nSPS) is 13.3. The molecule has 0 saturated carbocycles. The maximum atomic E-state index is 6.75. The van der Waals surface area contributed by atoms with Crippen molar-refractivity contribution in [3.05, 3.63) is 193 Å². The van der Waals surface area contributed by atoms with E-state index in [0.717, 1.165) is 34.2 Å². The van der Waals surface area contributed by atoms with Crippen LogP contribution < -0.4 is 47.3 Å². The Hall–Kier alpha value is -6.36. The molecule has 0 unspecified atom stereocenters. The zero-order valence-corrected chi connectivity index (χ0v) is 37.7. The van der Waals surface area contributed by atoms with Crippen molar-refractivity contribution in [2.75, 3.05) is 9.80 Å². The van der Waals surface area contributed by atoms with Crippen molar-refractivity contribution in [3.63, 3.8) is 0 Å². The second kappa shape index (κ2) is 15.8. The molecule has 3 heterocycles. The minimum atomic E-state index is 0.0126. The molecule has 3 aliphatic heterocycles. The monoisotopic (exact) mass is 832 g/mol. The number of anilines is 6. The molecule has 0 spiro atoms. The third-order valence-electron chi connectivity index (χ3n) is 13.3. The van der Waals surface area contributed by atoms with Crippen molar-refractivity contribution >= 4 is 92.1 Å². The number of fused-ring (bicyclic) bond motifs is 6. The molecule has 3 aliphatic rings. The van der Waals surface area contributed by atoms with E-state index in [-0.39, 0.29) is 13.4 Å². The molecule has 0 radical (unpaired) electrons. The smallest absolute Gasteiger partial charge is 0.256 e. The molecule has 11 rings (SSSR count). The summed E-state index contributed by atoms with van der Waals surface area (Å²) in [4.78, 5) is 7.46. The summed E-state index contributed by atoms with van der Waals surface area (Å²) < 4.78 is 6.75. The van der Waals surface area contributed by atoms with Gasteiger partial charge in [-0.1, -0.05) is 173 Å². The molecule has 3 nitrogen and oxygen atoms in total. The Morgan fingerprint density at radius 3 is 1.68 bits per heavy atom. The number of hydrogen-bond donors (Lipinski definition) is 0. The number of ether oxygens (including phenoxy) is 1. The Kier molecular flexibility index (Phi) is 9.88. The molecule has 0 aliphatic carbocycles. The second-order valence-electron chi connectivity index (χ2n) is 18.2. The van der Waals surface area contributed by atoms with Gasteiger partial charge in [-0.2, -0.15) is 0 Å². The highest BCUT2D eigenvalue weighted by Gasteiger charge is 2.44. The van der Waals surface area contributed by atoms with Crippen LogP contribution in [-0.4, -0.2) is 13.4 Å². The van der Waals surface area contributed by atoms with Crippen LogP contribution in [0.2, 0.25) is 0 Å². The van der Waals surface area contributed by atoms with E-state index in [9.17, 15) is 0 Å². The number of para-hydroxylation sites is 4. The number of hydrogen-bond acceptors (Lipinski definition) is 4. The quantitative estimate of drug-likeness (QED) is 0.142. The minimum Gasteiger partial charge on any atom is -0.458 e. The summed E-state index contributed by atoms with van der Waals surface area (Å²) in [6, 6.07) is 65.1. The molecule has 0 aromatic heterocycles. The molecule has 306 valence electrons. The summed E-state index contributed by atoms with van der Waals surface area (Å²) in [5.41, 5.74) is 19.2. The van der Waals surface area contributed by atoms with Crippen molar-refractivity contribution in [2.24, 2.45) is 0 Å². The highest BCUT2D eigenvalue weighted by molar-refractivity contribution is 8.00. The van der Waals surface area contributed by atoms with Crippen LogP contribution in [0.15, 0.2) is 186 Å². The summed E-state index contributed by atoms with van der Waals surface area (Å²) in [6.07, 6.45) is 0. The van der Waals surface area contributed by atoms with Crippen LogP contribution in [0.1, 0.15) is 76.0 Å². The van der Waals surface area contributed by atoms with Gasteiger partial charge in [0.2, 0.25) is 6.71 Å². The molecule has 8 aromatic rings. The molecule has 0 bridgehead atoms. The Bertz CT molecular complexity index is 2960. The molecule has 8 aromatic carbocycles. The number of rotatable bonds is 8. The predicted molar refractivity (Wildman–Crippen MR) is 271 cm³/mol. The van der Waals surface area contributed by atoms with Gasteiger partial charge in [0.1, 0.15) is 11.5 Å². The van der Waals surface area contributed by atoms with E-state index in [4.69, 9.17) is 4.74 Å². The van der Waals surface area contributed by atoms with Gasteiger partial charge in [0.15, 0.2) is 0 Å². The largest absolute Gasteiger partial charge is 0.458 e. The zero-order valence-electron chi connectivity index (χ0n) is 36.8. The van der Waals surface area contributed by atoms with Gasteiger partial charge in [0, 0.05) is 43.9 Å². The average molecular weight is 833 g/mol. The lowest BCUT2D eigenvalue weighted by molar-refractivity contribution is 0.487.